The molecule has 5 nitrogen and oxygen atoms in total. The van der Waals surface area contributed by atoms with E-state index < -0.39 is 5.97 Å². The second kappa shape index (κ2) is 6.73. The van der Waals surface area contributed by atoms with Crippen molar-refractivity contribution >= 4 is 39.1 Å². The lowest BCUT2D eigenvalue weighted by Crippen LogP contribution is -2.37. The van der Waals surface area contributed by atoms with Gasteiger partial charge >= 0.3 is 5.97 Å². The van der Waals surface area contributed by atoms with Gasteiger partial charge in [0, 0.05) is 13.7 Å². The van der Waals surface area contributed by atoms with Crippen molar-refractivity contribution in [3.05, 3.63) is 20.8 Å². The van der Waals surface area contributed by atoms with E-state index >= 15 is 0 Å². The van der Waals surface area contributed by atoms with Crippen LogP contribution in [-0.4, -0.2) is 48.7 Å². The lowest BCUT2D eigenvalue weighted by molar-refractivity contribution is -0.137. The summed E-state index contributed by atoms with van der Waals surface area (Å²) in [6, 6.07) is 3.42. The van der Waals surface area contributed by atoms with E-state index in [9.17, 15) is 9.59 Å². The summed E-state index contributed by atoms with van der Waals surface area (Å²) in [5, 5.41) is 8.74. The quantitative estimate of drug-likeness (QED) is 0.865. The minimum Gasteiger partial charge on any atom is -0.480 e. The third-order valence-electron chi connectivity index (χ3n) is 1.96. The number of halogens is 1. The molecule has 0 unspecified atom stereocenters. The van der Waals surface area contributed by atoms with Crippen LogP contribution in [0.4, 0.5) is 0 Å². The molecule has 1 aromatic heterocycles. The van der Waals surface area contributed by atoms with Crippen LogP contribution in [0.1, 0.15) is 9.67 Å². The van der Waals surface area contributed by atoms with Crippen molar-refractivity contribution in [2.24, 2.45) is 0 Å². The molecule has 7 heteroatoms. The van der Waals surface area contributed by atoms with Crippen molar-refractivity contribution in [2.45, 2.75) is 0 Å². The van der Waals surface area contributed by atoms with Crippen LogP contribution in [0.15, 0.2) is 15.9 Å². The van der Waals surface area contributed by atoms with Gasteiger partial charge in [0.25, 0.3) is 5.91 Å². The van der Waals surface area contributed by atoms with Crippen LogP contribution >= 0.6 is 27.3 Å². The van der Waals surface area contributed by atoms with E-state index in [4.69, 9.17) is 9.84 Å². The molecule has 0 radical (unpaired) electrons. The number of hydrogen-bond donors (Lipinski definition) is 1. The summed E-state index contributed by atoms with van der Waals surface area (Å²) >= 11 is 4.54. The van der Waals surface area contributed by atoms with Crippen molar-refractivity contribution in [2.75, 3.05) is 26.8 Å². The molecule has 1 aromatic rings. The summed E-state index contributed by atoms with van der Waals surface area (Å²) in [6.07, 6.45) is 0. The Balaban J connectivity index is 2.74. The summed E-state index contributed by atoms with van der Waals surface area (Å²) in [7, 11) is 1.51. The van der Waals surface area contributed by atoms with Gasteiger partial charge in [0.1, 0.15) is 6.54 Å². The summed E-state index contributed by atoms with van der Waals surface area (Å²) in [5.74, 6) is -1.33. The van der Waals surface area contributed by atoms with Gasteiger partial charge in [-0.25, -0.2) is 0 Å². The molecular formula is C10H12BrNO4S. The van der Waals surface area contributed by atoms with Gasteiger partial charge in [0.05, 0.1) is 15.3 Å². The molecule has 1 N–H and O–H groups in total. The number of rotatable bonds is 6. The van der Waals surface area contributed by atoms with Gasteiger partial charge in [-0.3, -0.25) is 9.59 Å². The lowest BCUT2D eigenvalue weighted by Gasteiger charge is -2.19. The maximum Gasteiger partial charge on any atom is 0.323 e. The van der Waals surface area contributed by atoms with Crippen molar-refractivity contribution < 1.29 is 19.4 Å². The van der Waals surface area contributed by atoms with Crippen molar-refractivity contribution in [3.8, 4) is 0 Å². The molecule has 1 heterocycles. The maximum absolute atomic E-state index is 12.0. The molecule has 0 aromatic carbocycles. The molecule has 17 heavy (non-hydrogen) atoms. The van der Waals surface area contributed by atoms with Gasteiger partial charge in [-0.2, -0.15) is 0 Å². The number of thiophene rings is 1. The zero-order valence-corrected chi connectivity index (χ0v) is 11.6. The van der Waals surface area contributed by atoms with Crippen LogP contribution in [0.2, 0.25) is 0 Å². The minimum atomic E-state index is -1.04. The van der Waals surface area contributed by atoms with Crippen molar-refractivity contribution in [3.63, 3.8) is 0 Å². The Morgan fingerprint density at radius 3 is 2.71 bits per heavy atom. The Labute approximate surface area is 111 Å². The smallest absolute Gasteiger partial charge is 0.323 e. The molecule has 0 aliphatic heterocycles. The van der Waals surface area contributed by atoms with Gasteiger partial charge in [0.2, 0.25) is 0 Å². The van der Waals surface area contributed by atoms with E-state index in [1.165, 1.54) is 23.3 Å². The average Bonchev–Trinajstić information content (AvgIpc) is 2.69. The maximum atomic E-state index is 12.0. The highest BCUT2D eigenvalue weighted by atomic mass is 79.9. The lowest BCUT2D eigenvalue weighted by atomic mass is 10.3. The van der Waals surface area contributed by atoms with Crippen LogP contribution in [0, 0.1) is 0 Å². The monoisotopic (exact) mass is 321 g/mol. The molecule has 0 spiro atoms. The molecule has 1 amide bonds. The molecular weight excluding hydrogens is 310 g/mol. The third-order valence-corrected chi connectivity index (χ3v) is 3.57. The number of carboxylic acid groups (broad SMARTS) is 1. The van der Waals surface area contributed by atoms with Crippen molar-refractivity contribution in [1.29, 1.82) is 0 Å². The number of aliphatic carboxylic acids is 1. The predicted octanol–water partition coefficient (Wildman–Crippen LogP) is 1.68. The molecule has 0 bridgehead atoms. The molecule has 1 rings (SSSR count). The number of ether oxygens (including phenoxy) is 1. The van der Waals surface area contributed by atoms with Gasteiger partial charge in [-0.05, 0) is 28.1 Å². The SMILES string of the molecule is COCCN(CC(=O)O)C(=O)c1ccc(Br)s1. The first kappa shape index (κ1) is 14.1. The number of amides is 1. The van der Waals surface area contributed by atoms with Crippen LogP contribution in [0.3, 0.4) is 0 Å². The minimum absolute atomic E-state index is 0.261. The zero-order chi connectivity index (χ0) is 12.8. The molecule has 94 valence electrons. The van der Waals surface area contributed by atoms with Crippen LogP contribution in [0.5, 0.6) is 0 Å². The molecule has 0 fully saturated rings. The number of carbonyl (C=O) groups is 2. The molecule has 0 aliphatic rings. The first-order valence-corrected chi connectivity index (χ1v) is 6.41. The first-order chi connectivity index (χ1) is 8.04. The van der Waals surface area contributed by atoms with Gasteiger partial charge in [-0.1, -0.05) is 0 Å². The Morgan fingerprint density at radius 2 is 2.24 bits per heavy atom. The Kier molecular flexibility index (Phi) is 5.60. The molecule has 0 saturated carbocycles. The van der Waals surface area contributed by atoms with E-state index in [1.54, 1.807) is 12.1 Å². The standard InChI is InChI=1S/C10H12BrNO4S/c1-16-5-4-12(6-9(13)14)10(15)7-2-3-8(11)17-7/h2-3H,4-6H2,1H3,(H,13,14). The number of nitrogens with zero attached hydrogens (tertiary/aromatic N) is 1. The van der Waals surface area contributed by atoms with E-state index in [0.29, 0.717) is 11.5 Å². The number of carbonyl (C=O) groups excluding carboxylic acids is 1. The fourth-order valence-electron chi connectivity index (χ4n) is 1.20. The van der Waals surface area contributed by atoms with Gasteiger partial charge < -0.3 is 14.7 Å². The highest BCUT2D eigenvalue weighted by Crippen LogP contribution is 2.23. The molecule has 0 saturated heterocycles. The Morgan fingerprint density at radius 1 is 1.53 bits per heavy atom. The summed E-state index contributed by atoms with van der Waals surface area (Å²) in [4.78, 5) is 24.4. The first-order valence-electron chi connectivity index (χ1n) is 4.80. The van der Waals surface area contributed by atoms with E-state index in [0.717, 1.165) is 3.79 Å². The zero-order valence-electron chi connectivity index (χ0n) is 9.18. The highest BCUT2D eigenvalue weighted by molar-refractivity contribution is 9.11. The van der Waals surface area contributed by atoms with Crippen molar-refractivity contribution in [1.82, 2.24) is 4.90 Å². The van der Waals surface area contributed by atoms with Crippen LogP contribution in [-0.2, 0) is 9.53 Å². The average molecular weight is 322 g/mol. The number of carboxylic acids is 1. The molecule has 0 atom stereocenters. The highest BCUT2D eigenvalue weighted by Gasteiger charge is 2.19. The van der Waals surface area contributed by atoms with E-state index in [-0.39, 0.29) is 19.0 Å². The normalized spacial score (nSPS) is 10.2. The second-order valence-electron chi connectivity index (χ2n) is 3.22. The second-order valence-corrected chi connectivity index (χ2v) is 5.68. The predicted molar refractivity (Wildman–Crippen MR) is 67.4 cm³/mol. The summed E-state index contributed by atoms with van der Waals surface area (Å²) < 4.78 is 5.69. The Bertz CT molecular complexity index is 407. The summed E-state index contributed by atoms with van der Waals surface area (Å²) in [6.45, 7) is 0.250. The van der Waals surface area contributed by atoms with Crippen LogP contribution in [0.25, 0.3) is 0 Å². The van der Waals surface area contributed by atoms with E-state index in [2.05, 4.69) is 15.9 Å². The fraction of sp³-hybridized carbons (Fsp3) is 0.400. The number of methoxy groups -OCH3 is 1. The van der Waals surface area contributed by atoms with Gasteiger partial charge in [-0.15, -0.1) is 11.3 Å². The third kappa shape index (κ3) is 4.45. The van der Waals surface area contributed by atoms with Gasteiger partial charge in [0.15, 0.2) is 0 Å². The molecule has 0 aliphatic carbocycles. The Hall–Kier alpha value is -0.920. The summed E-state index contributed by atoms with van der Waals surface area (Å²) in [5.41, 5.74) is 0. The van der Waals surface area contributed by atoms with E-state index in [1.807, 2.05) is 0 Å². The van der Waals surface area contributed by atoms with Crippen LogP contribution < -0.4 is 0 Å². The fourth-order valence-corrected chi connectivity index (χ4v) is 2.56. The number of hydrogen-bond acceptors (Lipinski definition) is 4. The topological polar surface area (TPSA) is 66.8 Å². The largest absolute Gasteiger partial charge is 0.480 e.